The van der Waals surface area contributed by atoms with E-state index in [1.807, 2.05) is 0 Å². The van der Waals surface area contributed by atoms with Gasteiger partial charge >= 0.3 is 5.97 Å². The number of hydrogen-bond acceptors (Lipinski definition) is 5. The average molecular weight is 387 g/mol. The van der Waals surface area contributed by atoms with Crippen LogP contribution in [0.1, 0.15) is 31.2 Å². The molecular weight excluding hydrogens is 366 g/mol. The molecule has 0 bridgehead atoms. The molecule has 0 atom stereocenters. The molecular formula is C18H21ClF2N2O3. The van der Waals surface area contributed by atoms with E-state index in [2.05, 4.69) is 10.3 Å². The van der Waals surface area contributed by atoms with Crippen molar-refractivity contribution in [1.29, 1.82) is 0 Å². The molecule has 2 aliphatic rings. The molecule has 0 saturated heterocycles. The Balaban J connectivity index is 1.89. The average Bonchev–Trinajstić information content (AvgIpc) is 2.86. The molecule has 26 heavy (non-hydrogen) atoms. The largest absolute Gasteiger partial charge is 0.449 e. The minimum atomic E-state index is -2.52. The smallest absolute Gasteiger partial charge is 0.337 e. The van der Waals surface area contributed by atoms with Gasteiger partial charge in [0.1, 0.15) is 5.15 Å². The van der Waals surface area contributed by atoms with E-state index in [-0.39, 0.29) is 12.5 Å². The number of methoxy groups -OCH3 is 1. The van der Waals surface area contributed by atoms with Crippen LogP contribution in [-0.4, -0.2) is 42.7 Å². The molecule has 1 fully saturated rings. The number of esters is 1. The van der Waals surface area contributed by atoms with Crippen LogP contribution < -0.4 is 5.32 Å². The first-order chi connectivity index (χ1) is 12.4. The Labute approximate surface area is 155 Å². The molecule has 5 nitrogen and oxygen atoms in total. The summed E-state index contributed by atoms with van der Waals surface area (Å²) in [5, 5.41) is 3.13. The van der Waals surface area contributed by atoms with Crippen LogP contribution in [0.15, 0.2) is 29.6 Å². The lowest BCUT2D eigenvalue weighted by molar-refractivity contribution is -0.151. The molecule has 1 aliphatic carbocycles. The monoisotopic (exact) mass is 386 g/mol. The molecule has 2 heterocycles. The van der Waals surface area contributed by atoms with E-state index < -0.39 is 24.5 Å². The van der Waals surface area contributed by atoms with Crippen LogP contribution in [-0.2, 0) is 20.7 Å². The first-order valence-corrected chi connectivity index (χ1v) is 8.93. The van der Waals surface area contributed by atoms with Crippen LogP contribution in [0, 0.1) is 0 Å². The number of hydrogen-bond donors (Lipinski definition) is 1. The second-order valence-corrected chi connectivity index (χ2v) is 7.00. The topological polar surface area (TPSA) is 60.5 Å². The number of carbonyl (C=O) groups excluding carboxylic acids is 1. The molecule has 142 valence electrons. The van der Waals surface area contributed by atoms with Gasteiger partial charge in [0.2, 0.25) is 0 Å². The highest BCUT2D eigenvalue weighted by Gasteiger charge is 2.49. The van der Waals surface area contributed by atoms with Crippen LogP contribution in [0.2, 0.25) is 5.15 Å². The lowest BCUT2D eigenvalue weighted by Crippen LogP contribution is -2.43. The molecule has 0 aromatic carbocycles. The summed E-state index contributed by atoms with van der Waals surface area (Å²) in [5.41, 5.74) is 0.759. The third-order valence-electron chi connectivity index (χ3n) is 4.97. The van der Waals surface area contributed by atoms with Gasteiger partial charge in [0, 0.05) is 19.7 Å². The van der Waals surface area contributed by atoms with Gasteiger partial charge in [-0.3, -0.25) is 0 Å². The summed E-state index contributed by atoms with van der Waals surface area (Å²) in [6, 6.07) is 3.39. The molecule has 8 heteroatoms. The van der Waals surface area contributed by atoms with Crippen molar-refractivity contribution in [2.45, 2.75) is 50.2 Å². The van der Waals surface area contributed by atoms with Crippen molar-refractivity contribution in [3.8, 4) is 0 Å². The molecule has 0 radical (unpaired) electrons. The number of ether oxygens (including phenoxy) is 2. The Hall–Kier alpha value is -1.73. The molecule has 3 rings (SSSR count). The Morgan fingerprint density at radius 2 is 2.15 bits per heavy atom. The third kappa shape index (κ3) is 3.99. The Kier molecular flexibility index (Phi) is 5.77. The predicted octanol–water partition coefficient (Wildman–Crippen LogP) is 3.27. The van der Waals surface area contributed by atoms with Crippen molar-refractivity contribution in [1.82, 2.24) is 10.3 Å². The molecule has 1 aromatic rings. The van der Waals surface area contributed by atoms with Gasteiger partial charge in [-0.1, -0.05) is 17.7 Å². The van der Waals surface area contributed by atoms with E-state index in [0.29, 0.717) is 42.1 Å². The SMILES string of the molecule is COC1CCC2(CC1)OC(=O)C(Cc1ccc(Cl)nc1)=C2NCC(F)F. The summed E-state index contributed by atoms with van der Waals surface area (Å²) >= 11 is 5.79. The van der Waals surface area contributed by atoms with Crippen molar-refractivity contribution in [3.05, 3.63) is 40.3 Å². The predicted molar refractivity (Wildman–Crippen MR) is 92.1 cm³/mol. The van der Waals surface area contributed by atoms with Gasteiger partial charge in [0.15, 0.2) is 5.60 Å². The van der Waals surface area contributed by atoms with Crippen LogP contribution >= 0.6 is 11.6 Å². The molecule has 1 saturated carbocycles. The van der Waals surface area contributed by atoms with Gasteiger partial charge in [-0.15, -0.1) is 0 Å². The van der Waals surface area contributed by atoms with Gasteiger partial charge in [0.05, 0.1) is 23.9 Å². The summed E-state index contributed by atoms with van der Waals surface area (Å²) < 4.78 is 36.7. The highest BCUT2D eigenvalue weighted by Crippen LogP contribution is 2.44. The fourth-order valence-corrected chi connectivity index (χ4v) is 3.75. The maximum Gasteiger partial charge on any atom is 0.337 e. The molecule has 1 aliphatic heterocycles. The Morgan fingerprint density at radius 3 is 2.73 bits per heavy atom. The minimum absolute atomic E-state index is 0.0974. The fraction of sp³-hybridized carbons (Fsp3) is 0.556. The van der Waals surface area contributed by atoms with Crippen molar-refractivity contribution in [2.24, 2.45) is 0 Å². The summed E-state index contributed by atoms with van der Waals surface area (Å²) in [6.45, 7) is -0.524. The van der Waals surface area contributed by atoms with Crippen molar-refractivity contribution < 1.29 is 23.0 Å². The van der Waals surface area contributed by atoms with Gasteiger partial charge in [-0.05, 0) is 37.3 Å². The molecule has 1 aromatic heterocycles. The van der Waals surface area contributed by atoms with Gasteiger partial charge in [-0.25, -0.2) is 18.6 Å². The third-order valence-corrected chi connectivity index (χ3v) is 5.19. The van der Waals surface area contributed by atoms with Crippen molar-refractivity contribution in [2.75, 3.05) is 13.7 Å². The maximum atomic E-state index is 12.8. The maximum absolute atomic E-state index is 12.8. The van der Waals surface area contributed by atoms with Gasteiger partial charge < -0.3 is 14.8 Å². The quantitative estimate of drug-likeness (QED) is 0.600. The summed E-state index contributed by atoms with van der Waals surface area (Å²) in [6.07, 6.45) is 1.91. The first-order valence-electron chi connectivity index (χ1n) is 8.56. The second kappa shape index (κ2) is 7.88. The van der Waals surface area contributed by atoms with Crippen molar-refractivity contribution in [3.63, 3.8) is 0 Å². The van der Waals surface area contributed by atoms with E-state index in [4.69, 9.17) is 21.1 Å². The highest BCUT2D eigenvalue weighted by molar-refractivity contribution is 6.29. The summed E-state index contributed by atoms with van der Waals surface area (Å²) in [4.78, 5) is 16.5. The number of nitrogens with one attached hydrogen (secondary N) is 1. The van der Waals surface area contributed by atoms with E-state index in [1.54, 1.807) is 25.4 Å². The standard InChI is InChI=1S/C18H21ClF2N2O3/c1-25-12-4-6-18(7-5-12)16(23-10-15(20)21)13(17(24)26-18)8-11-2-3-14(19)22-9-11/h2-3,9,12,15,23H,4-8,10H2,1H3. The van der Waals surface area contributed by atoms with E-state index in [9.17, 15) is 13.6 Å². The lowest BCUT2D eigenvalue weighted by atomic mass is 9.80. The summed E-state index contributed by atoms with van der Waals surface area (Å²) in [5.74, 6) is -0.465. The van der Waals surface area contributed by atoms with Gasteiger partial charge in [-0.2, -0.15) is 0 Å². The normalized spacial score (nSPS) is 25.9. The lowest BCUT2D eigenvalue weighted by Gasteiger charge is -2.37. The number of nitrogens with zero attached hydrogens (tertiary/aromatic N) is 1. The van der Waals surface area contributed by atoms with Crippen LogP contribution in [0.3, 0.4) is 0 Å². The molecule has 1 spiro atoms. The Bertz CT molecular complexity index is 686. The van der Waals surface area contributed by atoms with Crippen LogP contribution in [0.4, 0.5) is 8.78 Å². The fourth-order valence-electron chi connectivity index (χ4n) is 3.64. The summed E-state index contributed by atoms with van der Waals surface area (Å²) in [7, 11) is 1.65. The van der Waals surface area contributed by atoms with Crippen LogP contribution in [0.5, 0.6) is 0 Å². The van der Waals surface area contributed by atoms with E-state index >= 15 is 0 Å². The van der Waals surface area contributed by atoms with E-state index in [0.717, 1.165) is 5.56 Å². The first kappa shape index (κ1) is 19.0. The van der Waals surface area contributed by atoms with Crippen molar-refractivity contribution >= 4 is 17.6 Å². The number of halogens is 3. The zero-order valence-electron chi connectivity index (χ0n) is 14.4. The van der Waals surface area contributed by atoms with Crippen LogP contribution in [0.25, 0.3) is 0 Å². The molecule has 1 N–H and O–H groups in total. The molecule has 0 unspecified atom stereocenters. The number of rotatable bonds is 6. The zero-order valence-corrected chi connectivity index (χ0v) is 15.2. The van der Waals surface area contributed by atoms with Gasteiger partial charge in [0.25, 0.3) is 6.43 Å². The minimum Gasteiger partial charge on any atom is -0.449 e. The second-order valence-electron chi connectivity index (χ2n) is 6.61. The number of aromatic nitrogens is 1. The highest BCUT2D eigenvalue weighted by atomic mass is 35.5. The molecule has 0 amide bonds. The number of pyridine rings is 1. The van der Waals surface area contributed by atoms with E-state index in [1.165, 1.54) is 0 Å². The Morgan fingerprint density at radius 1 is 1.42 bits per heavy atom. The number of alkyl halides is 2. The zero-order chi connectivity index (χ0) is 18.7. The number of carbonyl (C=O) groups is 1.